The summed E-state index contributed by atoms with van der Waals surface area (Å²) in [5.41, 5.74) is 6.41. The van der Waals surface area contributed by atoms with E-state index in [-0.39, 0.29) is 0 Å². The van der Waals surface area contributed by atoms with Crippen molar-refractivity contribution in [1.82, 2.24) is 14.9 Å². The molecule has 5 rings (SSSR count). The molecule has 1 aliphatic rings. The Morgan fingerprint density at radius 2 is 1.60 bits per heavy atom. The molecule has 0 radical (unpaired) electrons. The van der Waals surface area contributed by atoms with Gasteiger partial charge in [0.2, 0.25) is 5.88 Å². The van der Waals surface area contributed by atoms with Crippen LogP contribution in [0.1, 0.15) is 11.1 Å². The Labute approximate surface area is 176 Å². The van der Waals surface area contributed by atoms with Crippen LogP contribution < -0.4 is 15.0 Å². The molecule has 2 aromatic carbocycles. The fourth-order valence-electron chi connectivity index (χ4n) is 4.23. The van der Waals surface area contributed by atoms with Crippen LogP contribution in [0.4, 0.5) is 5.69 Å². The number of para-hydroxylation sites is 2. The standard InChI is InChI=1S/C25H26N4O/c1-18-8-6-9-19(2)24(18)30-25-23(28-16-14-26-15-17-28)22-21(12-7-13-27-22)29(25)20-10-4-3-5-11-20/h3-13,26H,14-17H2,1-2H3. The van der Waals surface area contributed by atoms with Crippen molar-refractivity contribution in [2.75, 3.05) is 31.1 Å². The average molecular weight is 399 g/mol. The first-order valence-electron chi connectivity index (χ1n) is 10.5. The van der Waals surface area contributed by atoms with Crippen molar-refractivity contribution in [1.29, 1.82) is 0 Å². The summed E-state index contributed by atoms with van der Waals surface area (Å²) >= 11 is 0. The van der Waals surface area contributed by atoms with E-state index in [4.69, 9.17) is 9.72 Å². The molecule has 0 atom stereocenters. The minimum atomic E-state index is 0.828. The molecule has 0 aliphatic carbocycles. The lowest BCUT2D eigenvalue weighted by atomic mass is 10.1. The van der Waals surface area contributed by atoms with Crippen LogP contribution in [0.5, 0.6) is 11.6 Å². The number of nitrogens with zero attached hydrogens (tertiary/aromatic N) is 3. The molecule has 1 aliphatic heterocycles. The van der Waals surface area contributed by atoms with Gasteiger partial charge in [-0.15, -0.1) is 0 Å². The van der Waals surface area contributed by atoms with E-state index in [1.54, 1.807) is 0 Å². The quantitative estimate of drug-likeness (QED) is 0.534. The molecular formula is C25H26N4O. The average Bonchev–Trinajstić information content (AvgIpc) is 3.11. The van der Waals surface area contributed by atoms with Crippen molar-refractivity contribution >= 4 is 16.7 Å². The number of aromatic nitrogens is 2. The Morgan fingerprint density at radius 3 is 2.33 bits per heavy atom. The lowest BCUT2D eigenvalue weighted by Crippen LogP contribution is -2.43. The summed E-state index contributed by atoms with van der Waals surface area (Å²) in [6.07, 6.45) is 1.87. The third kappa shape index (κ3) is 3.21. The number of hydrogen-bond acceptors (Lipinski definition) is 4. The van der Waals surface area contributed by atoms with E-state index in [0.717, 1.165) is 71.3 Å². The number of anilines is 1. The predicted octanol–water partition coefficient (Wildman–Crippen LogP) is 4.84. The maximum Gasteiger partial charge on any atom is 0.231 e. The van der Waals surface area contributed by atoms with Crippen LogP contribution in [0.2, 0.25) is 0 Å². The van der Waals surface area contributed by atoms with Crippen molar-refractivity contribution in [3.63, 3.8) is 0 Å². The zero-order valence-electron chi connectivity index (χ0n) is 17.4. The lowest BCUT2D eigenvalue weighted by Gasteiger charge is -2.29. The Bertz CT molecular complexity index is 1160. The molecule has 1 saturated heterocycles. The first-order valence-corrected chi connectivity index (χ1v) is 10.5. The minimum absolute atomic E-state index is 0.828. The van der Waals surface area contributed by atoms with Gasteiger partial charge in [0.15, 0.2) is 0 Å². The fraction of sp³-hybridized carbons (Fsp3) is 0.240. The summed E-state index contributed by atoms with van der Waals surface area (Å²) in [4.78, 5) is 7.18. The molecule has 0 unspecified atom stereocenters. The normalized spacial score (nSPS) is 14.3. The Morgan fingerprint density at radius 1 is 0.867 bits per heavy atom. The second-order valence-electron chi connectivity index (χ2n) is 7.76. The van der Waals surface area contributed by atoms with Crippen molar-refractivity contribution in [2.45, 2.75) is 13.8 Å². The number of benzene rings is 2. The van der Waals surface area contributed by atoms with E-state index in [0.29, 0.717) is 0 Å². The van der Waals surface area contributed by atoms with Crippen LogP contribution in [0, 0.1) is 13.8 Å². The van der Waals surface area contributed by atoms with E-state index in [1.165, 1.54) is 0 Å². The number of fused-ring (bicyclic) bond motifs is 1. The Balaban J connectivity index is 1.79. The Kier molecular flexibility index (Phi) is 4.89. The molecule has 4 aromatic rings. The van der Waals surface area contributed by atoms with E-state index in [2.05, 4.69) is 77.2 Å². The summed E-state index contributed by atoms with van der Waals surface area (Å²) in [5, 5.41) is 3.45. The maximum atomic E-state index is 6.76. The van der Waals surface area contributed by atoms with Crippen molar-refractivity contribution in [3.8, 4) is 17.3 Å². The monoisotopic (exact) mass is 398 g/mol. The molecule has 0 spiro atoms. The minimum Gasteiger partial charge on any atom is -0.438 e. The number of ether oxygens (including phenoxy) is 1. The van der Waals surface area contributed by atoms with Crippen molar-refractivity contribution in [2.24, 2.45) is 0 Å². The zero-order chi connectivity index (χ0) is 20.5. The van der Waals surface area contributed by atoms with Gasteiger partial charge in [-0.25, -0.2) is 0 Å². The van der Waals surface area contributed by atoms with Gasteiger partial charge in [0, 0.05) is 38.1 Å². The highest BCUT2D eigenvalue weighted by molar-refractivity contribution is 5.96. The van der Waals surface area contributed by atoms with Gasteiger partial charge in [-0.2, -0.15) is 0 Å². The molecular weight excluding hydrogens is 372 g/mol. The molecule has 1 N–H and O–H groups in total. The SMILES string of the molecule is Cc1cccc(C)c1Oc1c(N2CCNCC2)c2ncccc2n1-c1ccccc1. The number of rotatable bonds is 4. The van der Waals surface area contributed by atoms with E-state index in [9.17, 15) is 0 Å². The van der Waals surface area contributed by atoms with Gasteiger partial charge < -0.3 is 15.0 Å². The van der Waals surface area contributed by atoms with Crippen LogP contribution in [0.25, 0.3) is 16.7 Å². The first kappa shape index (κ1) is 18.7. The van der Waals surface area contributed by atoms with Crippen LogP contribution >= 0.6 is 0 Å². The molecule has 5 heteroatoms. The predicted molar refractivity (Wildman–Crippen MR) is 122 cm³/mol. The van der Waals surface area contributed by atoms with Crippen LogP contribution in [0.15, 0.2) is 66.9 Å². The molecule has 0 saturated carbocycles. The Hall–Kier alpha value is -3.31. The van der Waals surface area contributed by atoms with Crippen molar-refractivity contribution < 1.29 is 4.74 Å². The highest BCUT2D eigenvalue weighted by atomic mass is 16.5. The van der Waals surface area contributed by atoms with Gasteiger partial charge in [-0.3, -0.25) is 9.55 Å². The zero-order valence-corrected chi connectivity index (χ0v) is 17.4. The van der Waals surface area contributed by atoms with Gasteiger partial charge in [-0.05, 0) is 49.2 Å². The molecule has 1 fully saturated rings. The third-order valence-electron chi connectivity index (χ3n) is 5.71. The summed E-state index contributed by atoms with van der Waals surface area (Å²) in [7, 11) is 0. The molecule has 152 valence electrons. The lowest BCUT2D eigenvalue weighted by molar-refractivity contribution is 0.446. The summed E-state index contributed by atoms with van der Waals surface area (Å²) in [6, 6.07) is 20.8. The number of hydrogen-bond donors (Lipinski definition) is 1. The maximum absolute atomic E-state index is 6.76. The highest BCUT2D eigenvalue weighted by Crippen LogP contribution is 2.44. The molecule has 0 bridgehead atoms. The van der Waals surface area contributed by atoms with Gasteiger partial charge in [-0.1, -0.05) is 36.4 Å². The summed E-state index contributed by atoms with van der Waals surface area (Å²) in [6.45, 7) is 7.95. The smallest absolute Gasteiger partial charge is 0.231 e. The molecule has 2 aromatic heterocycles. The number of aryl methyl sites for hydroxylation is 2. The number of nitrogens with one attached hydrogen (secondary N) is 1. The van der Waals surface area contributed by atoms with Crippen LogP contribution in [0.3, 0.4) is 0 Å². The van der Waals surface area contributed by atoms with Gasteiger partial charge in [0.25, 0.3) is 0 Å². The number of piperazine rings is 1. The summed E-state index contributed by atoms with van der Waals surface area (Å²) < 4.78 is 8.96. The number of pyridine rings is 1. The third-order valence-corrected chi connectivity index (χ3v) is 5.71. The van der Waals surface area contributed by atoms with E-state index < -0.39 is 0 Å². The van der Waals surface area contributed by atoms with E-state index in [1.807, 2.05) is 18.3 Å². The highest BCUT2D eigenvalue weighted by Gasteiger charge is 2.27. The molecule has 5 nitrogen and oxygen atoms in total. The topological polar surface area (TPSA) is 42.3 Å². The van der Waals surface area contributed by atoms with E-state index >= 15 is 0 Å². The second kappa shape index (κ2) is 7.84. The fourth-order valence-corrected chi connectivity index (χ4v) is 4.23. The van der Waals surface area contributed by atoms with Crippen LogP contribution in [-0.2, 0) is 0 Å². The molecule has 30 heavy (non-hydrogen) atoms. The first-order chi connectivity index (χ1) is 14.7. The van der Waals surface area contributed by atoms with Gasteiger partial charge in [0.1, 0.15) is 17.0 Å². The van der Waals surface area contributed by atoms with Crippen molar-refractivity contribution in [3.05, 3.63) is 78.0 Å². The largest absolute Gasteiger partial charge is 0.438 e. The van der Waals surface area contributed by atoms with Gasteiger partial charge in [0.05, 0.1) is 5.52 Å². The van der Waals surface area contributed by atoms with Crippen LogP contribution in [-0.4, -0.2) is 35.7 Å². The molecule has 0 amide bonds. The second-order valence-corrected chi connectivity index (χ2v) is 7.76. The molecule has 3 heterocycles. The van der Waals surface area contributed by atoms with Gasteiger partial charge >= 0.3 is 0 Å². The summed E-state index contributed by atoms with van der Waals surface area (Å²) in [5.74, 6) is 1.74.